The lowest BCUT2D eigenvalue weighted by atomic mass is 10.1. The Morgan fingerprint density at radius 3 is 2.55 bits per heavy atom. The fourth-order valence-corrected chi connectivity index (χ4v) is 2.39. The zero-order chi connectivity index (χ0) is 14.3. The molecule has 0 radical (unpaired) electrons. The number of fused-ring (bicyclic) bond motifs is 1. The predicted octanol–water partition coefficient (Wildman–Crippen LogP) is 2.53. The van der Waals surface area contributed by atoms with Gasteiger partial charge in [-0.1, -0.05) is 12.1 Å². The average molecular weight is 276 g/mol. The first-order valence-corrected chi connectivity index (χ1v) is 6.27. The summed E-state index contributed by atoms with van der Waals surface area (Å²) in [6, 6.07) is 8.40. The molecule has 0 aliphatic carbocycles. The Balaban J connectivity index is 2.12. The summed E-state index contributed by atoms with van der Waals surface area (Å²) >= 11 is 0. The first kappa shape index (κ1) is 12.7. The van der Waals surface area contributed by atoms with Gasteiger partial charge >= 0.3 is 0 Å². The van der Waals surface area contributed by atoms with Crippen LogP contribution < -0.4 is 15.5 Å². The van der Waals surface area contributed by atoms with Crippen molar-refractivity contribution in [2.75, 3.05) is 35.7 Å². The second kappa shape index (κ2) is 4.63. The van der Waals surface area contributed by atoms with Gasteiger partial charge in [-0.05, 0) is 12.1 Å². The topological polar surface area (TPSA) is 45.4 Å². The number of nitrogens with two attached hydrogens (primary N) is 1. The summed E-state index contributed by atoms with van der Waals surface area (Å²) in [7, 11) is 1.97. The van der Waals surface area contributed by atoms with Crippen LogP contribution in [0.15, 0.2) is 30.3 Å². The van der Waals surface area contributed by atoms with Crippen molar-refractivity contribution in [1.82, 2.24) is 4.98 Å². The molecule has 2 N–H and O–H groups in total. The Morgan fingerprint density at radius 2 is 1.80 bits per heavy atom. The molecule has 1 aliphatic rings. The number of benzene rings is 1. The third-order valence-corrected chi connectivity index (χ3v) is 3.44. The maximum atomic E-state index is 14.0. The van der Waals surface area contributed by atoms with E-state index in [1.54, 1.807) is 4.90 Å². The fraction of sp³-hybridized carbons (Fsp3) is 0.214. The largest absolute Gasteiger partial charge is 0.381 e. The van der Waals surface area contributed by atoms with Gasteiger partial charge in [0.05, 0.1) is 11.4 Å². The number of pyridine rings is 1. The molecule has 6 heteroatoms. The van der Waals surface area contributed by atoms with Gasteiger partial charge in [-0.2, -0.15) is 0 Å². The van der Waals surface area contributed by atoms with E-state index in [-0.39, 0.29) is 11.6 Å². The SMILES string of the molecule is CN1CCN(c2nc(N)c(F)cc2F)c2ccccc21. The first-order valence-electron chi connectivity index (χ1n) is 6.27. The van der Waals surface area contributed by atoms with E-state index in [4.69, 9.17) is 5.73 Å². The minimum atomic E-state index is -0.839. The number of hydrogen-bond donors (Lipinski definition) is 1. The highest BCUT2D eigenvalue weighted by atomic mass is 19.1. The standard InChI is InChI=1S/C14H14F2N4/c1-19-6-7-20(12-5-3-2-4-11(12)19)14-10(16)8-9(15)13(17)18-14/h2-5,8H,6-7H2,1H3,(H2,17,18). The van der Waals surface area contributed by atoms with Gasteiger partial charge in [-0.25, -0.2) is 13.8 Å². The Kier molecular flexibility index (Phi) is 2.93. The van der Waals surface area contributed by atoms with Crippen LogP contribution in [0.1, 0.15) is 0 Å². The van der Waals surface area contributed by atoms with Crippen LogP contribution in [0.2, 0.25) is 0 Å². The molecule has 0 unspecified atom stereocenters. The van der Waals surface area contributed by atoms with Crippen LogP contribution in [-0.4, -0.2) is 25.1 Å². The summed E-state index contributed by atoms with van der Waals surface area (Å²) in [4.78, 5) is 7.66. The number of halogens is 2. The molecule has 0 bridgehead atoms. The van der Waals surface area contributed by atoms with Gasteiger partial charge in [0, 0.05) is 26.2 Å². The molecular formula is C14H14F2N4. The molecule has 0 amide bonds. The highest BCUT2D eigenvalue weighted by molar-refractivity contribution is 5.78. The molecule has 4 nitrogen and oxygen atoms in total. The van der Waals surface area contributed by atoms with Gasteiger partial charge < -0.3 is 15.5 Å². The Bertz CT molecular complexity index is 660. The van der Waals surface area contributed by atoms with Crippen molar-refractivity contribution < 1.29 is 8.78 Å². The van der Waals surface area contributed by atoms with Crippen molar-refractivity contribution in [3.63, 3.8) is 0 Å². The summed E-state index contributed by atoms with van der Waals surface area (Å²) < 4.78 is 27.2. The van der Waals surface area contributed by atoms with Gasteiger partial charge in [0.2, 0.25) is 0 Å². The van der Waals surface area contributed by atoms with Crippen molar-refractivity contribution >= 4 is 23.0 Å². The lowest BCUT2D eigenvalue weighted by Gasteiger charge is -2.36. The summed E-state index contributed by atoms with van der Waals surface area (Å²) in [5, 5.41) is 0. The smallest absolute Gasteiger partial charge is 0.171 e. The molecule has 0 fully saturated rings. The number of nitrogen functional groups attached to an aromatic ring is 1. The third kappa shape index (κ3) is 1.93. The number of hydrogen-bond acceptors (Lipinski definition) is 4. The lowest BCUT2D eigenvalue weighted by Crippen LogP contribution is -2.37. The monoisotopic (exact) mass is 276 g/mol. The van der Waals surface area contributed by atoms with Crippen molar-refractivity contribution in [3.8, 4) is 0 Å². The van der Waals surface area contributed by atoms with Crippen LogP contribution in [0.3, 0.4) is 0 Å². The number of aromatic nitrogens is 1. The Morgan fingerprint density at radius 1 is 1.10 bits per heavy atom. The highest BCUT2D eigenvalue weighted by Gasteiger charge is 2.25. The predicted molar refractivity (Wildman–Crippen MR) is 75.3 cm³/mol. The van der Waals surface area contributed by atoms with Crippen molar-refractivity contribution in [2.45, 2.75) is 0 Å². The molecular weight excluding hydrogens is 262 g/mol. The van der Waals surface area contributed by atoms with Crippen LogP contribution in [0.25, 0.3) is 0 Å². The molecule has 1 aromatic carbocycles. The van der Waals surface area contributed by atoms with E-state index in [1.807, 2.05) is 31.3 Å². The highest BCUT2D eigenvalue weighted by Crippen LogP contribution is 2.37. The Labute approximate surface area is 115 Å². The van der Waals surface area contributed by atoms with E-state index >= 15 is 0 Å². The van der Waals surface area contributed by atoms with E-state index in [0.717, 1.165) is 24.0 Å². The molecule has 0 atom stereocenters. The van der Waals surface area contributed by atoms with Crippen LogP contribution in [-0.2, 0) is 0 Å². The van der Waals surface area contributed by atoms with E-state index < -0.39 is 11.6 Å². The van der Waals surface area contributed by atoms with Gasteiger partial charge in [0.1, 0.15) is 0 Å². The quantitative estimate of drug-likeness (QED) is 0.869. The second-order valence-electron chi connectivity index (χ2n) is 4.72. The normalized spacial score (nSPS) is 14.3. The minimum absolute atomic E-state index is 0.0597. The maximum absolute atomic E-state index is 14.0. The van der Waals surface area contributed by atoms with Crippen LogP contribution in [0.5, 0.6) is 0 Å². The summed E-state index contributed by atoms with van der Waals surface area (Å²) in [5.74, 6) is -1.79. The molecule has 1 aromatic heterocycles. The Hall–Kier alpha value is -2.37. The van der Waals surface area contributed by atoms with Crippen molar-refractivity contribution in [3.05, 3.63) is 42.0 Å². The van der Waals surface area contributed by atoms with Crippen LogP contribution in [0.4, 0.5) is 31.8 Å². The second-order valence-corrected chi connectivity index (χ2v) is 4.72. The molecule has 20 heavy (non-hydrogen) atoms. The van der Waals surface area contributed by atoms with E-state index in [2.05, 4.69) is 9.88 Å². The van der Waals surface area contributed by atoms with Crippen LogP contribution >= 0.6 is 0 Å². The zero-order valence-electron chi connectivity index (χ0n) is 11.0. The molecule has 1 aliphatic heterocycles. The van der Waals surface area contributed by atoms with Gasteiger partial charge in [0.15, 0.2) is 23.3 Å². The summed E-state index contributed by atoms with van der Waals surface area (Å²) in [6.45, 7) is 1.28. The summed E-state index contributed by atoms with van der Waals surface area (Å²) in [6.07, 6.45) is 0. The molecule has 0 saturated carbocycles. The van der Waals surface area contributed by atoms with Crippen LogP contribution in [0, 0.1) is 11.6 Å². The lowest BCUT2D eigenvalue weighted by molar-refractivity contribution is 0.575. The molecule has 3 rings (SSSR count). The maximum Gasteiger partial charge on any atom is 0.171 e. The number of para-hydroxylation sites is 2. The fourth-order valence-electron chi connectivity index (χ4n) is 2.39. The van der Waals surface area contributed by atoms with E-state index in [0.29, 0.717) is 6.54 Å². The molecule has 104 valence electrons. The number of rotatable bonds is 1. The van der Waals surface area contributed by atoms with Crippen molar-refractivity contribution in [1.29, 1.82) is 0 Å². The average Bonchev–Trinajstić information content (AvgIpc) is 2.44. The van der Waals surface area contributed by atoms with E-state index in [9.17, 15) is 8.78 Å². The van der Waals surface area contributed by atoms with Gasteiger partial charge in [-0.15, -0.1) is 0 Å². The van der Waals surface area contributed by atoms with Gasteiger partial charge in [-0.3, -0.25) is 0 Å². The first-order chi connectivity index (χ1) is 9.58. The van der Waals surface area contributed by atoms with Crippen molar-refractivity contribution in [2.24, 2.45) is 0 Å². The zero-order valence-corrected chi connectivity index (χ0v) is 11.0. The number of anilines is 4. The van der Waals surface area contributed by atoms with Gasteiger partial charge in [0.25, 0.3) is 0 Å². The third-order valence-electron chi connectivity index (χ3n) is 3.44. The molecule has 2 aromatic rings. The van der Waals surface area contributed by atoms with E-state index in [1.165, 1.54) is 0 Å². The number of nitrogens with zero attached hydrogens (tertiary/aromatic N) is 3. The molecule has 2 heterocycles. The minimum Gasteiger partial charge on any atom is -0.381 e. The molecule has 0 saturated heterocycles. The molecule has 0 spiro atoms. The summed E-state index contributed by atoms with van der Waals surface area (Å²) in [5.41, 5.74) is 7.26. The number of likely N-dealkylation sites (N-methyl/N-ethyl adjacent to an activating group) is 1.